The molecule has 120 valence electrons. The zero-order chi connectivity index (χ0) is 16.2. The van der Waals surface area contributed by atoms with Crippen molar-refractivity contribution in [3.8, 4) is 0 Å². The van der Waals surface area contributed by atoms with Crippen LogP contribution in [0.5, 0.6) is 0 Å². The summed E-state index contributed by atoms with van der Waals surface area (Å²) in [6.45, 7) is 0. The number of benzene rings is 2. The van der Waals surface area contributed by atoms with E-state index in [2.05, 4.69) is 5.32 Å². The molecule has 2 aromatic carbocycles. The van der Waals surface area contributed by atoms with Gasteiger partial charge in [0, 0.05) is 24.2 Å². The van der Waals surface area contributed by atoms with Gasteiger partial charge in [0.05, 0.1) is 11.0 Å². The van der Waals surface area contributed by atoms with Gasteiger partial charge in [0.2, 0.25) is 0 Å². The van der Waals surface area contributed by atoms with Crippen molar-refractivity contribution in [1.29, 1.82) is 0 Å². The summed E-state index contributed by atoms with van der Waals surface area (Å²) in [4.78, 5) is 10.3. The second kappa shape index (κ2) is 6.89. The molecule has 1 heterocycles. The van der Waals surface area contributed by atoms with E-state index < -0.39 is 6.10 Å². The Bertz CT molecular complexity index is 658. The van der Waals surface area contributed by atoms with Gasteiger partial charge in [0.1, 0.15) is 0 Å². The number of nitrogens with one attached hydrogen (secondary N) is 1. The van der Waals surface area contributed by atoms with Crippen molar-refractivity contribution >= 4 is 5.69 Å². The second-order valence-electron chi connectivity index (χ2n) is 6.03. The number of hydrogen-bond donors (Lipinski definition) is 2. The minimum atomic E-state index is -0.502. The molecule has 1 aliphatic heterocycles. The number of nitro groups is 1. The van der Waals surface area contributed by atoms with E-state index >= 15 is 0 Å². The zero-order valence-corrected chi connectivity index (χ0v) is 12.8. The highest BCUT2D eigenvalue weighted by Crippen LogP contribution is 2.26. The standard InChI is InChI=1S/C18H20N2O3/c21-18(14-4-2-1-3-5-14)17-11-8-15(19-17)12-13-6-9-16(10-7-13)20(22)23/h1-7,9-10,15,17-19,21H,8,11-12H2/t15?,17?,18-/m1/s1. The molecule has 0 aromatic heterocycles. The summed E-state index contributed by atoms with van der Waals surface area (Å²) < 4.78 is 0. The smallest absolute Gasteiger partial charge is 0.269 e. The first kappa shape index (κ1) is 15.6. The van der Waals surface area contributed by atoms with E-state index in [-0.39, 0.29) is 16.7 Å². The van der Waals surface area contributed by atoms with Crippen LogP contribution in [0.1, 0.15) is 30.1 Å². The molecule has 5 nitrogen and oxygen atoms in total. The van der Waals surface area contributed by atoms with Crippen molar-refractivity contribution < 1.29 is 10.0 Å². The third-order valence-electron chi connectivity index (χ3n) is 4.43. The summed E-state index contributed by atoms with van der Waals surface area (Å²) >= 11 is 0. The van der Waals surface area contributed by atoms with Crippen molar-refractivity contribution in [1.82, 2.24) is 5.32 Å². The van der Waals surface area contributed by atoms with Gasteiger partial charge in [0.25, 0.3) is 5.69 Å². The van der Waals surface area contributed by atoms with Crippen LogP contribution in [0.25, 0.3) is 0 Å². The fourth-order valence-corrected chi connectivity index (χ4v) is 3.18. The Morgan fingerprint density at radius 3 is 2.48 bits per heavy atom. The molecule has 0 bridgehead atoms. The zero-order valence-electron chi connectivity index (χ0n) is 12.8. The Morgan fingerprint density at radius 2 is 1.83 bits per heavy atom. The lowest BCUT2D eigenvalue weighted by Crippen LogP contribution is -2.35. The summed E-state index contributed by atoms with van der Waals surface area (Å²) in [6.07, 6.45) is 2.23. The molecule has 2 unspecified atom stereocenters. The van der Waals surface area contributed by atoms with E-state index in [1.54, 1.807) is 24.3 Å². The highest BCUT2D eigenvalue weighted by molar-refractivity contribution is 5.33. The van der Waals surface area contributed by atoms with Crippen LogP contribution in [0, 0.1) is 10.1 Å². The van der Waals surface area contributed by atoms with Crippen LogP contribution >= 0.6 is 0 Å². The van der Waals surface area contributed by atoms with E-state index in [4.69, 9.17) is 0 Å². The number of aliphatic hydroxyl groups is 1. The second-order valence-corrected chi connectivity index (χ2v) is 6.03. The quantitative estimate of drug-likeness (QED) is 0.657. The maximum absolute atomic E-state index is 10.7. The minimum Gasteiger partial charge on any atom is -0.387 e. The van der Waals surface area contributed by atoms with Gasteiger partial charge in [-0.1, -0.05) is 42.5 Å². The lowest BCUT2D eigenvalue weighted by molar-refractivity contribution is -0.384. The third kappa shape index (κ3) is 3.75. The maximum atomic E-state index is 10.7. The number of rotatable bonds is 5. The van der Waals surface area contributed by atoms with Crippen LogP contribution in [-0.2, 0) is 6.42 Å². The minimum absolute atomic E-state index is 0.0560. The van der Waals surface area contributed by atoms with Crippen molar-refractivity contribution in [3.63, 3.8) is 0 Å². The number of hydrogen-bond acceptors (Lipinski definition) is 4. The van der Waals surface area contributed by atoms with E-state index in [1.165, 1.54) is 0 Å². The van der Waals surface area contributed by atoms with Crippen molar-refractivity contribution in [2.45, 2.75) is 37.5 Å². The van der Waals surface area contributed by atoms with Gasteiger partial charge >= 0.3 is 0 Å². The number of non-ortho nitro benzene ring substituents is 1. The van der Waals surface area contributed by atoms with Crippen LogP contribution in [0.4, 0.5) is 5.69 Å². The molecular formula is C18H20N2O3. The average Bonchev–Trinajstić information content (AvgIpc) is 3.04. The first-order valence-corrected chi connectivity index (χ1v) is 7.86. The first-order valence-electron chi connectivity index (χ1n) is 7.86. The Kier molecular flexibility index (Phi) is 4.69. The Morgan fingerprint density at radius 1 is 1.13 bits per heavy atom. The largest absolute Gasteiger partial charge is 0.387 e. The molecular weight excluding hydrogens is 292 g/mol. The predicted octanol–water partition coefficient (Wildman–Crippen LogP) is 2.99. The van der Waals surface area contributed by atoms with Gasteiger partial charge in [-0.15, -0.1) is 0 Å². The molecule has 1 aliphatic rings. The molecule has 0 aliphatic carbocycles. The van der Waals surface area contributed by atoms with Gasteiger partial charge in [-0.2, -0.15) is 0 Å². The van der Waals surface area contributed by atoms with Crippen LogP contribution in [0.2, 0.25) is 0 Å². The molecule has 23 heavy (non-hydrogen) atoms. The molecule has 1 fully saturated rings. The van der Waals surface area contributed by atoms with Gasteiger partial charge in [-0.3, -0.25) is 10.1 Å². The van der Waals surface area contributed by atoms with Gasteiger partial charge in [0.15, 0.2) is 0 Å². The molecule has 0 radical (unpaired) electrons. The molecule has 2 aromatic rings. The molecule has 0 spiro atoms. The number of nitrogens with zero attached hydrogens (tertiary/aromatic N) is 1. The van der Waals surface area contributed by atoms with E-state index in [1.807, 2.05) is 30.3 Å². The normalized spacial score (nSPS) is 22.0. The van der Waals surface area contributed by atoms with E-state index in [0.29, 0.717) is 6.04 Å². The highest BCUT2D eigenvalue weighted by Gasteiger charge is 2.29. The average molecular weight is 312 g/mol. The summed E-state index contributed by atoms with van der Waals surface area (Å²) in [5.74, 6) is 0. The fraction of sp³-hybridized carbons (Fsp3) is 0.333. The third-order valence-corrected chi connectivity index (χ3v) is 4.43. The van der Waals surface area contributed by atoms with Crippen LogP contribution in [0.3, 0.4) is 0 Å². The fourth-order valence-electron chi connectivity index (χ4n) is 3.18. The maximum Gasteiger partial charge on any atom is 0.269 e. The lowest BCUT2D eigenvalue weighted by Gasteiger charge is -2.20. The van der Waals surface area contributed by atoms with Crippen molar-refractivity contribution in [2.24, 2.45) is 0 Å². The van der Waals surface area contributed by atoms with E-state index in [0.717, 1.165) is 30.4 Å². The highest BCUT2D eigenvalue weighted by atomic mass is 16.6. The number of aliphatic hydroxyl groups excluding tert-OH is 1. The van der Waals surface area contributed by atoms with Crippen LogP contribution < -0.4 is 5.32 Å². The van der Waals surface area contributed by atoms with Crippen molar-refractivity contribution in [2.75, 3.05) is 0 Å². The summed E-state index contributed by atoms with van der Waals surface area (Å²) in [5, 5.41) is 24.6. The predicted molar refractivity (Wildman–Crippen MR) is 88.1 cm³/mol. The number of nitro benzene ring substituents is 1. The molecule has 3 atom stereocenters. The summed E-state index contributed by atoms with van der Waals surface area (Å²) in [7, 11) is 0. The van der Waals surface area contributed by atoms with Gasteiger partial charge in [-0.05, 0) is 30.4 Å². The van der Waals surface area contributed by atoms with Gasteiger partial charge in [-0.25, -0.2) is 0 Å². The SMILES string of the molecule is O=[N+]([O-])c1ccc(CC2CCC([C@H](O)c3ccccc3)N2)cc1. The van der Waals surface area contributed by atoms with Gasteiger partial charge < -0.3 is 10.4 Å². The lowest BCUT2D eigenvalue weighted by atomic mass is 10.0. The topological polar surface area (TPSA) is 75.4 Å². The molecule has 0 amide bonds. The first-order chi connectivity index (χ1) is 11.1. The monoisotopic (exact) mass is 312 g/mol. The molecule has 1 saturated heterocycles. The Labute approximate surface area is 135 Å². The van der Waals surface area contributed by atoms with Crippen molar-refractivity contribution in [3.05, 3.63) is 75.8 Å². The molecule has 0 saturated carbocycles. The van der Waals surface area contributed by atoms with Crippen LogP contribution in [-0.4, -0.2) is 22.1 Å². The molecule has 3 rings (SSSR count). The molecule has 2 N–H and O–H groups in total. The van der Waals surface area contributed by atoms with Crippen LogP contribution in [0.15, 0.2) is 54.6 Å². The summed E-state index contributed by atoms with van der Waals surface area (Å²) in [5.41, 5.74) is 2.12. The molecule has 5 heteroatoms. The Balaban J connectivity index is 1.58. The Hall–Kier alpha value is -2.24. The summed E-state index contributed by atoms with van der Waals surface area (Å²) in [6, 6.07) is 16.7. The van der Waals surface area contributed by atoms with E-state index in [9.17, 15) is 15.2 Å².